The smallest absolute Gasteiger partial charge is 0.335 e. The van der Waals surface area contributed by atoms with Gasteiger partial charge in [-0.2, -0.15) is 0 Å². The molecule has 3 rings (SSSR count). The van der Waals surface area contributed by atoms with E-state index in [1.165, 1.54) is 31.2 Å². The van der Waals surface area contributed by atoms with Crippen LogP contribution in [0.4, 0.5) is 5.69 Å². The molecule has 0 atom stereocenters. The molecule has 0 bridgehead atoms. The van der Waals surface area contributed by atoms with Gasteiger partial charge in [-0.05, 0) is 60.4 Å². The summed E-state index contributed by atoms with van der Waals surface area (Å²) < 4.78 is 27.9. The van der Waals surface area contributed by atoms with Gasteiger partial charge in [0.15, 0.2) is 0 Å². The number of benzene rings is 3. The van der Waals surface area contributed by atoms with Crippen molar-refractivity contribution in [1.29, 1.82) is 0 Å². The van der Waals surface area contributed by atoms with E-state index in [-0.39, 0.29) is 21.9 Å². The molecular weight excluding hydrogens is 378 g/mol. The number of sulfonamides is 1. The molecule has 28 heavy (non-hydrogen) atoms. The summed E-state index contributed by atoms with van der Waals surface area (Å²) in [6.45, 7) is 1.52. The summed E-state index contributed by atoms with van der Waals surface area (Å²) in [4.78, 5) is 11.0. The van der Waals surface area contributed by atoms with Crippen LogP contribution in [0.2, 0.25) is 0 Å². The van der Waals surface area contributed by atoms with Crippen molar-refractivity contribution in [2.75, 3.05) is 4.72 Å². The van der Waals surface area contributed by atoms with Crippen LogP contribution in [-0.4, -0.2) is 24.6 Å². The molecule has 0 aliphatic heterocycles. The van der Waals surface area contributed by atoms with Crippen molar-refractivity contribution in [3.8, 4) is 5.75 Å². The van der Waals surface area contributed by atoms with E-state index in [4.69, 9.17) is 5.11 Å². The third-order valence-corrected chi connectivity index (χ3v) is 5.79. The number of anilines is 1. The van der Waals surface area contributed by atoms with E-state index in [0.29, 0.717) is 12.0 Å². The third-order valence-electron chi connectivity index (χ3n) is 4.27. The third kappa shape index (κ3) is 4.32. The average Bonchev–Trinajstić information content (AvgIpc) is 2.64. The zero-order valence-electron chi connectivity index (χ0n) is 15.1. The molecule has 6 nitrogen and oxygen atoms in total. The molecule has 0 spiro atoms. The van der Waals surface area contributed by atoms with Crippen molar-refractivity contribution in [1.82, 2.24) is 0 Å². The average molecular weight is 397 g/mol. The first-order valence-corrected chi connectivity index (χ1v) is 9.97. The highest BCUT2D eigenvalue weighted by molar-refractivity contribution is 7.92. The van der Waals surface area contributed by atoms with Crippen LogP contribution >= 0.6 is 0 Å². The maximum atomic E-state index is 12.8. The van der Waals surface area contributed by atoms with E-state index in [0.717, 1.165) is 11.1 Å². The SMILES string of the molecule is Cc1cc(C(=O)O)ccc1S(=O)(=O)Nc1cc(Cc2ccccc2)ccc1O. The van der Waals surface area contributed by atoms with Gasteiger partial charge in [0.25, 0.3) is 10.0 Å². The van der Waals surface area contributed by atoms with Crippen LogP contribution in [0.15, 0.2) is 71.6 Å². The lowest BCUT2D eigenvalue weighted by atomic mass is 10.0. The van der Waals surface area contributed by atoms with Crippen molar-refractivity contribution < 1.29 is 23.4 Å². The van der Waals surface area contributed by atoms with E-state index >= 15 is 0 Å². The highest BCUT2D eigenvalue weighted by atomic mass is 32.2. The van der Waals surface area contributed by atoms with Gasteiger partial charge in [-0.15, -0.1) is 0 Å². The van der Waals surface area contributed by atoms with Crippen LogP contribution in [-0.2, 0) is 16.4 Å². The second-order valence-electron chi connectivity index (χ2n) is 6.40. The number of aromatic hydroxyl groups is 1. The zero-order valence-corrected chi connectivity index (χ0v) is 15.9. The van der Waals surface area contributed by atoms with Crippen LogP contribution in [0, 0.1) is 6.92 Å². The summed E-state index contributed by atoms with van der Waals surface area (Å²) in [7, 11) is -4.00. The Morgan fingerprint density at radius 3 is 2.32 bits per heavy atom. The highest BCUT2D eigenvalue weighted by Crippen LogP contribution is 2.29. The van der Waals surface area contributed by atoms with Crippen LogP contribution < -0.4 is 4.72 Å². The topological polar surface area (TPSA) is 104 Å². The van der Waals surface area contributed by atoms with Gasteiger partial charge in [-0.3, -0.25) is 4.72 Å². The quantitative estimate of drug-likeness (QED) is 0.549. The monoisotopic (exact) mass is 397 g/mol. The Labute approximate surface area is 163 Å². The minimum atomic E-state index is -4.00. The molecule has 0 aliphatic rings. The summed E-state index contributed by atoms with van der Waals surface area (Å²) in [5, 5.41) is 19.1. The normalized spacial score (nSPS) is 11.2. The summed E-state index contributed by atoms with van der Waals surface area (Å²) in [5.74, 6) is -1.33. The van der Waals surface area contributed by atoms with Gasteiger partial charge < -0.3 is 10.2 Å². The molecule has 3 aromatic rings. The Morgan fingerprint density at radius 1 is 0.964 bits per heavy atom. The van der Waals surface area contributed by atoms with Gasteiger partial charge >= 0.3 is 5.97 Å². The van der Waals surface area contributed by atoms with Gasteiger partial charge in [0.05, 0.1) is 16.1 Å². The number of carboxylic acids is 1. The maximum Gasteiger partial charge on any atom is 0.335 e. The Kier molecular flexibility index (Phi) is 5.37. The van der Waals surface area contributed by atoms with Crippen LogP contribution in [0.5, 0.6) is 5.75 Å². The molecule has 144 valence electrons. The lowest BCUT2D eigenvalue weighted by Gasteiger charge is -2.13. The second-order valence-corrected chi connectivity index (χ2v) is 8.06. The summed E-state index contributed by atoms with van der Waals surface area (Å²) in [6, 6.07) is 18.2. The maximum absolute atomic E-state index is 12.8. The molecule has 0 saturated heterocycles. The fourth-order valence-electron chi connectivity index (χ4n) is 2.89. The van der Waals surface area contributed by atoms with Crippen molar-refractivity contribution in [3.63, 3.8) is 0 Å². The summed E-state index contributed by atoms with van der Waals surface area (Å²) in [5.41, 5.74) is 2.26. The standard InChI is InChI=1S/C21H19NO5S/c1-14-11-17(21(24)25)8-10-20(14)28(26,27)22-18-13-16(7-9-19(18)23)12-15-5-3-2-4-6-15/h2-11,13,22-23H,12H2,1H3,(H,24,25). The molecule has 0 saturated carbocycles. The van der Waals surface area contributed by atoms with Crippen molar-refractivity contribution in [2.24, 2.45) is 0 Å². The molecule has 0 unspecified atom stereocenters. The minimum Gasteiger partial charge on any atom is -0.506 e. The van der Waals surface area contributed by atoms with Gasteiger partial charge in [-0.1, -0.05) is 36.4 Å². The Balaban J connectivity index is 1.90. The highest BCUT2D eigenvalue weighted by Gasteiger charge is 2.20. The number of phenols is 1. The molecule has 0 amide bonds. The molecule has 3 N–H and O–H groups in total. The van der Waals surface area contributed by atoms with Crippen molar-refractivity contribution >= 4 is 21.7 Å². The fraction of sp³-hybridized carbons (Fsp3) is 0.0952. The zero-order chi connectivity index (χ0) is 20.3. The van der Waals surface area contributed by atoms with E-state index < -0.39 is 16.0 Å². The number of hydrogen-bond acceptors (Lipinski definition) is 4. The largest absolute Gasteiger partial charge is 0.506 e. The number of hydrogen-bond donors (Lipinski definition) is 3. The number of aromatic carboxylic acids is 1. The lowest BCUT2D eigenvalue weighted by molar-refractivity contribution is 0.0696. The van der Waals surface area contributed by atoms with Gasteiger partial charge in [0, 0.05) is 0 Å². The van der Waals surface area contributed by atoms with Crippen molar-refractivity contribution in [2.45, 2.75) is 18.2 Å². The molecular formula is C21H19NO5S. The number of nitrogens with one attached hydrogen (secondary N) is 1. The molecule has 7 heteroatoms. The Morgan fingerprint density at radius 2 is 1.68 bits per heavy atom. The van der Waals surface area contributed by atoms with E-state index in [9.17, 15) is 18.3 Å². The molecule has 0 radical (unpaired) electrons. The number of rotatable bonds is 6. The predicted molar refractivity (Wildman–Crippen MR) is 106 cm³/mol. The van der Waals surface area contributed by atoms with E-state index in [1.54, 1.807) is 12.1 Å². The Hall–Kier alpha value is -3.32. The summed E-state index contributed by atoms with van der Waals surface area (Å²) in [6.07, 6.45) is 0.585. The Bertz CT molecular complexity index is 1120. The number of carbonyl (C=O) groups is 1. The van der Waals surface area contributed by atoms with Gasteiger partial charge in [0.1, 0.15) is 5.75 Å². The fourth-order valence-corrected chi connectivity index (χ4v) is 4.18. The van der Waals surface area contributed by atoms with Crippen LogP contribution in [0.25, 0.3) is 0 Å². The molecule has 3 aromatic carbocycles. The summed E-state index contributed by atoms with van der Waals surface area (Å²) >= 11 is 0. The van der Waals surface area contributed by atoms with E-state index in [1.807, 2.05) is 30.3 Å². The first kappa shape index (κ1) is 19.4. The second kappa shape index (κ2) is 7.74. The predicted octanol–water partition coefficient (Wildman–Crippen LogP) is 3.79. The van der Waals surface area contributed by atoms with Gasteiger partial charge in [0.2, 0.25) is 0 Å². The first-order valence-electron chi connectivity index (χ1n) is 8.49. The first-order chi connectivity index (χ1) is 13.3. The van der Waals surface area contributed by atoms with Crippen molar-refractivity contribution in [3.05, 3.63) is 89.0 Å². The van der Waals surface area contributed by atoms with E-state index in [2.05, 4.69) is 4.72 Å². The minimum absolute atomic E-state index is 0.00385. The van der Waals surface area contributed by atoms with Crippen LogP contribution in [0.1, 0.15) is 27.0 Å². The number of phenolic OH excluding ortho intramolecular Hbond substituents is 1. The molecule has 0 aromatic heterocycles. The lowest BCUT2D eigenvalue weighted by Crippen LogP contribution is -2.15. The van der Waals surface area contributed by atoms with Crippen LogP contribution in [0.3, 0.4) is 0 Å². The number of aryl methyl sites for hydroxylation is 1. The molecule has 0 fully saturated rings. The number of carboxylic acid groups (broad SMARTS) is 1. The molecule has 0 heterocycles. The molecule has 0 aliphatic carbocycles. The van der Waals surface area contributed by atoms with Gasteiger partial charge in [-0.25, -0.2) is 13.2 Å².